The molecule has 0 spiro atoms. The van der Waals surface area contributed by atoms with E-state index in [0.29, 0.717) is 0 Å². The Kier molecular flexibility index (Phi) is 4.23. The Bertz CT molecular complexity index is 1030. The third-order valence-electron chi connectivity index (χ3n) is 3.58. The maximum Gasteiger partial charge on any atom is 0.238 e. The molecule has 0 amide bonds. The van der Waals surface area contributed by atoms with E-state index in [1.54, 1.807) is 0 Å². The molecule has 3 aromatic rings. The molecule has 3 rings (SSSR count). The van der Waals surface area contributed by atoms with Gasteiger partial charge in [0.1, 0.15) is 29.1 Å². The van der Waals surface area contributed by atoms with Crippen molar-refractivity contribution in [2.45, 2.75) is 0 Å². The van der Waals surface area contributed by atoms with Gasteiger partial charge in [-0.3, -0.25) is 4.79 Å². The summed E-state index contributed by atoms with van der Waals surface area (Å²) >= 11 is 0. The molecule has 0 unspecified atom stereocenters. The van der Waals surface area contributed by atoms with Gasteiger partial charge in [-0.05, 0) is 12.1 Å². The van der Waals surface area contributed by atoms with Gasteiger partial charge in [0.25, 0.3) is 0 Å². The van der Waals surface area contributed by atoms with Crippen LogP contribution in [0, 0.1) is 0 Å². The Labute approximate surface area is 145 Å². The Hall–Kier alpha value is -3.59. The summed E-state index contributed by atoms with van der Waals surface area (Å²) in [5.74, 6) is -3.53. The average Bonchev–Trinajstić information content (AvgIpc) is 2.56. The number of fused-ring (bicyclic) bond motifs is 1. The van der Waals surface area contributed by atoms with Crippen LogP contribution in [0.25, 0.3) is 22.3 Å². The van der Waals surface area contributed by atoms with Crippen LogP contribution in [0.1, 0.15) is 0 Å². The van der Waals surface area contributed by atoms with E-state index >= 15 is 0 Å². The first-order valence-electron chi connectivity index (χ1n) is 7.35. The molecule has 1 heterocycles. The second kappa shape index (κ2) is 6.37. The van der Waals surface area contributed by atoms with Gasteiger partial charge in [0, 0.05) is 17.7 Å². The molecule has 0 fully saturated rings. The lowest BCUT2D eigenvalue weighted by Gasteiger charge is -2.12. The van der Waals surface area contributed by atoms with Gasteiger partial charge in [0.15, 0.2) is 17.3 Å². The molecule has 0 radical (unpaired) electrons. The molecule has 0 atom stereocenters. The predicted molar refractivity (Wildman–Crippen MR) is 88.8 cm³/mol. The molecule has 9 nitrogen and oxygen atoms in total. The minimum absolute atomic E-state index is 0.0596. The van der Waals surface area contributed by atoms with Gasteiger partial charge in [-0.25, -0.2) is 0 Å². The molecule has 6 N–H and O–H groups in total. The van der Waals surface area contributed by atoms with Crippen LogP contribution in [0.5, 0.6) is 34.5 Å². The summed E-state index contributed by atoms with van der Waals surface area (Å²) in [7, 11) is 0. The first kappa shape index (κ1) is 17.2. The van der Waals surface area contributed by atoms with E-state index in [9.17, 15) is 30.3 Å². The Morgan fingerprint density at radius 3 is 2.19 bits per heavy atom. The third kappa shape index (κ3) is 2.80. The van der Waals surface area contributed by atoms with Crippen molar-refractivity contribution in [3.8, 4) is 45.8 Å². The van der Waals surface area contributed by atoms with Crippen LogP contribution < -0.4 is 10.2 Å². The quantitative estimate of drug-likeness (QED) is 0.402. The lowest BCUT2D eigenvalue weighted by Crippen LogP contribution is -2.04. The number of hydrogen-bond acceptors (Lipinski definition) is 9. The summed E-state index contributed by atoms with van der Waals surface area (Å²) in [4.78, 5) is 12.3. The highest BCUT2D eigenvalue weighted by molar-refractivity contribution is 5.88. The summed E-state index contributed by atoms with van der Waals surface area (Å²) in [6.45, 7) is -0.511. The van der Waals surface area contributed by atoms with E-state index < -0.39 is 34.2 Å². The number of aliphatic hydroxyl groups excluding tert-OH is 1. The molecular weight excluding hydrogens is 348 g/mol. The number of aliphatic hydroxyl groups is 1. The van der Waals surface area contributed by atoms with E-state index in [-0.39, 0.29) is 41.2 Å². The van der Waals surface area contributed by atoms with Gasteiger partial charge in [0.05, 0.1) is 6.61 Å². The largest absolute Gasteiger partial charge is 0.508 e. The number of hydrogen-bond donors (Lipinski definition) is 6. The third-order valence-corrected chi connectivity index (χ3v) is 3.58. The fourth-order valence-corrected chi connectivity index (χ4v) is 2.50. The molecule has 0 aliphatic heterocycles. The molecule has 26 heavy (non-hydrogen) atoms. The van der Waals surface area contributed by atoms with Crippen LogP contribution >= 0.6 is 0 Å². The van der Waals surface area contributed by atoms with E-state index in [0.717, 1.165) is 24.3 Å². The van der Waals surface area contributed by atoms with Crippen LogP contribution in [0.4, 0.5) is 0 Å². The minimum atomic E-state index is -0.960. The maximum absolute atomic E-state index is 12.3. The van der Waals surface area contributed by atoms with E-state index in [4.69, 9.17) is 14.3 Å². The topological polar surface area (TPSA) is 161 Å². The van der Waals surface area contributed by atoms with Crippen LogP contribution in [-0.4, -0.2) is 43.9 Å². The standard InChI is InChI=1S/C17H14O9/c18-1-2-25-17-10(21)3-7(4-11(17)22)16-15(24)14(23)13-9(20)5-8(19)6-12(13)26-16/h3-6,18-22,24H,1-2H2. The van der Waals surface area contributed by atoms with Gasteiger partial charge >= 0.3 is 0 Å². The molecule has 0 bridgehead atoms. The Morgan fingerprint density at radius 2 is 1.58 bits per heavy atom. The zero-order valence-electron chi connectivity index (χ0n) is 13.1. The lowest BCUT2D eigenvalue weighted by atomic mass is 10.1. The summed E-state index contributed by atoms with van der Waals surface area (Å²) < 4.78 is 10.4. The Morgan fingerprint density at radius 1 is 0.923 bits per heavy atom. The van der Waals surface area contributed by atoms with Crippen LogP contribution in [0.15, 0.2) is 33.5 Å². The van der Waals surface area contributed by atoms with Crippen molar-refractivity contribution in [2.75, 3.05) is 13.2 Å². The van der Waals surface area contributed by atoms with Crippen molar-refractivity contribution in [1.82, 2.24) is 0 Å². The Balaban J connectivity index is 2.23. The molecule has 0 saturated carbocycles. The molecular formula is C17H14O9. The summed E-state index contributed by atoms with van der Waals surface area (Å²) in [6, 6.07) is 4.12. The van der Waals surface area contributed by atoms with E-state index in [2.05, 4.69) is 0 Å². The molecule has 136 valence electrons. The number of phenols is 4. The second-order valence-corrected chi connectivity index (χ2v) is 5.36. The van der Waals surface area contributed by atoms with Gasteiger partial charge in [-0.15, -0.1) is 0 Å². The highest BCUT2D eigenvalue weighted by Crippen LogP contribution is 2.42. The van der Waals surface area contributed by atoms with Gasteiger partial charge in [-0.2, -0.15) is 0 Å². The van der Waals surface area contributed by atoms with E-state index in [1.807, 2.05) is 0 Å². The van der Waals surface area contributed by atoms with Crippen molar-refractivity contribution in [2.24, 2.45) is 0 Å². The zero-order chi connectivity index (χ0) is 19.0. The lowest BCUT2D eigenvalue weighted by molar-refractivity contribution is 0.192. The number of aromatic hydroxyl groups is 5. The summed E-state index contributed by atoms with van der Waals surface area (Å²) in [5, 5.41) is 57.8. The summed E-state index contributed by atoms with van der Waals surface area (Å²) in [5.41, 5.74) is -1.23. The fraction of sp³-hybridized carbons (Fsp3) is 0.118. The monoisotopic (exact) mass is 362 g/mol. The van der Waals surface area contributed by atoms with E-state index in [1.165, 1.54) is 0 Å². The summed E-state index contributed by atoms with van der Waals surface area (Å²) in [6.07, 6.45) is 0. The first-order chi connectivity index (χ1) is 12.3. The number of benzene rings is 2. The SMILES string of the molecule is O=c1c(O)c(-c2cc(O)c(OCCO)c(O)c2)oc2cc(O)cc(O)c12. The van der Waals surface area contributed by atoms with Crippen molar-refractivity contribution in [3.63, 3.8) is 0 Å². The number of ether oxygens (including phenoxy) is 1. The first-order valence-corrected chi connectivity index (χ1v) is 7.35. The van der Waals surface area contributed by atoms with Gasteiger partial charge in [0.2, 0.25) is 16.9 Å². The van der Waals surface area contributed by atoms with Crippen LogP contribution in [-0.2, 0) is 0 Å². The average molecular weight is 362 g/mol. The van der Waals surface area contributed by atoms with Crippen molar-refractivity contribution >= 4 is 11.0 Å². The predicted octanol–water partition coefficient (Wildman–Crippen LogP) is 1.36. The molecule has 0 saturated heterocycles. The number of rotatable bonds is 4. The van der Waals surface area contributed by atoms with Gasteiger partial charge in [-0.1, -0.05) is 0 Å². The van der Waals surface area contributed by atoms with Crippen molar-refractivity contribution < 1.29 is 39.8 Å². The molecule has 0 aliphatic rings. The van der Waals surface area contributed by atoms with Crippen LogP contribution in [0.3, 0.4) is 0 Å². The molecule has 9 heteroatoms. The smallest absolute Gasteiger partial charge is 0.238 e. The molecule has 0 aliphatic carbocycles. The molecule has 2 aromatic carbocycles. The minimum Gasteiger partial charge on any atom is -0.508 e. The fourth-order valence-electron chi connectivity index (χ4n) is 2.50. The highest BCUT2D eigenvalue weighted by atomic mass is 16.5. The van der Waals surface area contributed by atoms with Crippen LogP contribution in [0.2, 0.25) is 0 Å². The maximum atomic E-state index is 12.3. The zero-order valence-corrected chi connectivity index (χ0v) is 13.1. The molecule has 1 aromatic heterocycles. The van der Waals surface area contributed by atoms with Gasteiger partial charge < -0.3 is 39.8 Å². The second-order valence-electron chi connectivity index (χ2n) is 5.36. The normalized spacial score (nSPS) is 11.0. The number of phenolic OH excluding ortho intramolecular Hbond substituents is 4. The van der Waals surface area contributed by atoms with Crippen molar-refractivity contribution in [3.05, 3.63) is 34.5 Å². The highest BCUT2D eigenvalue weighted by Gasteiger charge is 2.21. The van der Waals surface area contributed by atoms with Crippen molar-refractivity contribution in [1.29, 1.82) is 0 Å².